The number of piperidine rings is 1. The van der Waals surface area contributed by atoms with E-state index in [1.165, 1.54) is 6.07 Å². The SMILES string of the molecule is CC1CCN(Cc2cc(O)cc(F)c2)CC1N. The van der Waals surface area contributed by atoms with E-state index < -0.39 is 5.82 Å². The van der Waals surface area contributed by atoms with Crippen LogP contribution in [0.2, 0.25) is 0 Å². The van der Waals surface area contributed by atoms with E-state index in [2.05, 4.69) is 11.8 Å². The highest BCUT2D eigenvalue weighted by molar-refractivity contribution is 5.28. The third kappa shape index (κ3) is 3.17. The highest BCUT2D eigenvalue weighted by atomic mass is 19.1. The third-order valence-electron chi connectivity index (χ3n) is 3.45. The number of rotatable bonds is 2. The second-order valence-electron chi connectivity index (χ2n) is 4.98. The van der Waals surface area contributed by atoms with Crippen LogP contribution < -0.4 is 5.73 Å². The fraction of sp³-hybridized carbons (Fsp3) is 0.538. The molecule has 17 heavy (non-hydrogen) atoms. The zero-order valence-corrected chi connectivity index (χ0v) is 10.1. The Balaban J connectivity index is 2.01. The maximum absolute atomic E-state index is 13.1. The number of likely N-dealkylation sites (tertiary alicyclic amines) is 1. The number of nitrogens with two attached hydrogens (primary N) is 1. The molecule has 3 N–H and O–H groups in total. The van der Waals surface area contributed by atoms with Gasteiger partial charge in [0, 0.05) is 25.2 Å². The predicted molar refractivity (Wildman–Crippen MR) is 65.1 cm³/mol. The number of benzene rings is 1. The number of phenols is 1. The zero-order chi connectivity index (χ0) is 12.4. The molecule has 4 heteroatoms. The Labute approximate surface area is 101 Å². The fourth-order valence-electron chi connectivity index (χ4n) is 2.30. The van der Waals surface area contributed by atoms with Crippen molar-refractivity contribution in [3.05, 3.63) is 29.6 Å². The Morgan fingerprint density at radius 3 is 2.88 bits per heavy atom. The molecule has 0 amide bonds. The van der Waals surface area contributed by atoms with Crippen LogP contribution >= 0.6 is 0 Å². The first-order valence-corrected chi connectivity index (χ1v) is 6.01. The standard InChI is InChI=1S/C13H19FN2O/c1-9-2-3-16(8-13(9)15)7-10-4-11(14)6-12(17)5-10/h4-6,9,13,17H,2-3,7-8,15H2,1H3. The summed E-state index contributed by atoms with van der Waals surface area (Å²) in [6.07, 6.45) is 1.07. The molecule has 1 heterocycles. The Bertz CT molecular complexity index is 377. The van der Waals surface area contributed by atoms with Crippen LogP contribution in [-0.2, 0) is 6.54 Å². The molecule has 0 radical (unpaired) electrons. The molecule has 2 unspecified atom stereocenters. The van der Waals surface area contributed by atoms with Gasteiger partial charge in [-0.15, -0.1) is 0 Å². The van der Waals surface area contributed by atoms with E-state index >= 15 is 0 Å². The molecule has 2 rings (SSSR count). The lowest BCUT2D eigenvalue weighted by Gasteiger charge is -2.35. The van der Waals surface area contributed by atoms with Crippen molar-refractivity contribution in [2.45, 2.75) is 25.9 Å². The van der Waals surface area contributed by atoms with E-state index in [1.807, 2.05) is 0 Å². The molecule has 1 aromatic rings. The molecule has 0 aromatic heterocycles. The lowest BCUT2D eigenvalue weighted by atomic mass is 9.94. The smallest absolute Gasteiger partial charge is 0.127 e. The number of nitrogens with zero attached hydrogens (tertiary/aromatic N) is 1. The average molecular weight is 238 g/mol. The van der Waals surface area contributed by atoms with Gasteiger partial charge in [0.1, 0.15) is 11.6 Å². The van der Waals surface area contributed by atoms with Crippen LogP contribution in [0.15, 0.2) is 18.2 Å². The van der Waals surface area contributed by atoms with E-state index in [1.54, 1.807) is 6.07 Å². The maximum Gasteiger partial charge on any atom is 0.127 e. The van der Waals surface area contributed by atoms with Gasteiger partial charge >= 0.3 is 0 Å². The molecule has 1 aliphatic heterocycles. The molecular formula is C13H19FN2O. The van der Waals surface area contributed by atoms with Gasteiger partial charge in [0.25, 0.3) is 0 Å². The normalized spacial score (nSPS) is 26.1. The highest BCUT2D eigenvalue weighted by Gasteiger charge is 2.23. The van der Waals surface area contributed by atoms with Gasteiger partial charge in [-0.2, -0.15) is 0 Å². The zero-order valence-electron chi connectivity index (χ0n) is 10.1. The van der Waals surface area contributed by atoms with Crippen molar-refractivity contribution in [1.29, 1.82) is 0 Å². The van der Waals surface area contributed by atoms with Crippen molar-refractivity contribution in [3.8, 4) is 5.75 Å². The van der Waals surface area contributed by atoms with Crippen molar-refractivity contribution < 1.29 is 9.50 Å². The molecule has 0 aliphatic carbocycles. The summed E-state index contributed by atoms with van der Waals surface area (Å²) >= 11 is 0. The van der Waals surface area contributed by atoms with Gasteiger partial charge in [-0.3, -0.25) is 4.90 Å². The summed E-state index contributed by atoms with van der Waals surface area (Å²) in [5.41, 5.74) is 6.81. The number of halogens is 1. The molecule has 0 bridgehead atoms. The first kappa shape index (κ1) is 12.3. The van der Waals surface area contributed by atoms with Crippen LogP contribution in [0, 0.1) is 11.7 Å². The van der Waals surface area contributed by atoms with Crippen LogP contribution in [0.1, 0.15) is 18.9 Å². The second kappa shape index (κ2) is 5.02. The summed E-state index contributed by atoms with van der Waals surface area (Å²) in [6.45, 7) is 4.62. The average Bonchev–Trinajstić information content (AvgIpc) is 2.22. The number of hydrogen-bond acceptors (Lipinski definition) is 3. The van der Waals surface area contributed by atoms with Gasteiger partial charge in [-0.25, -0.2) is 4.39 Å². The molecule has 0 spiro atoms. The van der Waals surface area contributed by atoms with Crippen molar-refractivity contribution in [2.75, 3.05) is 13.1 Å². The minimum atomic E-state index is -0.394. The molecule has 1 aromatic carbocycles. The van der Waals surface area contributed by atoms with E-state index in [9.17, 15) is 9.50 Å². The van der Waals surface area contributed by atoms with Gasteiger partial charge < -0.3 is 10.8 Å². The third-order valence-corrected chi connectivity index (χ3v) is 3.45. The Kier molecular flexibility index (Phi) is 3.64. The van der Waals surface area contributed by atoms with E-state index in [0.717, 1.165) is 31.1 Å². The van der Waals surface area contributed by atoms with Crippen molar-refractivity contribution in [1.82, 2.24) is 4.90 Å². The van der Waals surface area contributed by atoms with Gasteiger partial charge in [-0.05, 0) is 36.6 Å². The summed E-state index contributed by atoms with van der Waals surface area (Å²) in [5.74, 6) is 0.136. The van der Waals surface area contributed by atoms with Gasteiger partial charge in [0.2, 0.25) is 0 Å². The molecule has 3 nitrogen and oxygen atoms in total. The summed E-state index contributed by atoms with van der Waals surface area (Å²) in [6, 6.07) is 4.37. The molecule has 1 saturated heterocycles. The maximum atomic E-state index is 13.1. The Morgan fingerprint density at radius 2 is 2.24 bits per heavy atom. The van der Waals surface area contributed by atoms with Gasteiger partial charge in [-0.1, -0.05) is 6.92 Å². The molecule has 94 valence electrons. The van der Waals surface area contributed by atoms with E-state index in [0.29, 0.717) is 12.5 Å². The minimum Gasteiger partial charge on any atom is -0.508 e. The van der Waals surface area contributed by atoms with Crippen LogP contribution in [-0.4, -0.2) is 29.1 Å². The first-order valence-electron chi connectivity index (χ1n) is 6.01. The predicted octanol–water partition coefficient (Wildman–Crippen LogP) is 1.70. The summed E-state index contributed by atoms with van der Waals surface area (Å²) < 4.78 is 13.1. The Hall–Kier alpha value is -1.13. The minimum absolute atomic E-state index is 0.0188. The highest BCUT2D eigenvalue weighted by Crippen LogP contribution is 2.20. The fourth-order valence-corrected chi connectivity index (χ4v) is 2.30. The van der Waals surface area contributed by atoms with Crippen molar-refractivity contribution in [3.63, 3.8) is 0 Å². The number of phenolic OH excluding ortho intramolecular Hbond substituents is 1. The van der Waals surface area contributed by atoms with Crippen molar-refractivity contribution in [2.24, 2.45) is 11.7 Å². The van der Waals surface area contributed by atoms with Crippen LogP contribution in [0.25, 0.3) is 0 Å². The number of hydrogen-bond donors (Lipinski definition) is 2. The number of aromatic hydroxyl groups is 1. The molecule has 1 aliphatic rings. The molecule has 0 saturated carbocycles. The van der Waals surface area contributed by atoms with Gasteiger partial charge in [0.15, 0.2) is 0 Å². The van der Waals surface area contributed by atoms with Crippen LogP contribution in [0.5, 0.6) is 5.75 Å². The molecule has 2 atom stereocenters. The summed E-state index contributed by atoms with van der Waals surface area (Å²) in [5, 5.41) is 9.33. The van der Waals surface area contributed by atoms with Gasteiger partial charge in [0.05, 0.1) is 0 Å². The lowest BCUT2D eigenvalue weighted by molar-refractivity contribution is 0.162. The molecular weight excluding hydrogens is 219 g/mol. The van der Waals surface area contributed by atoms with E-state index in [4.69, 9.17) is 5.73 Å². The quantitative estimate of drug-likeness (QED) is 0.824. The Morgan fingerprint density at radius 1 is 1.47 bits per heavy atom. The lowest BCUT2D eigenvalue weighted by Crippen LogP contribution is -2.47. The summed E-state index contributed by atoms with van der Waals surface area (Å²) in [4.78, 5) is 2.21. The topological polar surface area (TPSA) is 49.5 Å². The largest absolute Gasteiger partial charge is 0.508 e. The summed E-state index contributed by atoms with van der Waals surface area (Å²) in [7, 11) is 0. The molecule has 1 fully saturated rings. The second-order valence-corrected chi connectivity index (χ2v) is 4.98. The first-order chi connectivity index (χ1) is 8.04. The van der Waals surface area contributed by atoms with Crippen molar-refractivity contribution >= 4 is 0 Å². The monoisotopic (exact) mass is 238 g/mol. The van der Waals surface area contributed by atoms with Crippen LogP contribution in [0.3, 0.4) is 0 Å². The van der Waals surface area contributed by atoms with E-state index in [-0.39, 0.29) is 11.8 Å². The van der Waals surface area contributed by atoms with Crippen LogP contribution in [0.4, 0.5) is 4.39 Å².